The molecule has 0 aromatic heterocycles. The van der Waals surface area contributed by atoms with E-state index in [2.05, 4.69) is 13.8 Å². The standard InChI is InChI=1S/C22H34O6/c1-13-9-15(11-17-19(13)27-17)21(23)25-7-5-3-4-6-8-26-22(24)16-10-14(2)20-18(12-16)28-20/h13-20H,3-12H2,1-2H3. The SMILES string of the molecule is CC1CC(C(=O)OCCCCCCOC(=O)C2CC(C)C3OC3C2)CC2OC12. The van der Waals surface area contributed by atoms with Crippen LogP contribution in [0.2, 0.25) is 0 Å². The summed E-state index contributed by atoms with van der Waals surface area (Å²) in [4.78, 5) is 24.3. The van der Waals surface area contributed by atoms with E-state index in [9.17, 15) is 9.59 Å². The summed E-state index contributed by atoms with van der Waals surface area (Å²) >= 11 is 0. The first-order valence-corrected chi connectivity index (χ1v) is 11.2. The second-order valence-electron chi connectivity index (χ2n) is 9.32. The van der Waals surface area contributed by atoms with Gasteiger partial charge < -0.3 is 18.9 Å². The smallest absolute Gasteiger partial charge is 0.309 e. The van der Waals surface area contributed by atoms with Crippen LogP contribution in [-0.2, 0) is 28.5 Å². The number of unbranched alkanes of at least 4 members (excludes halogenated alkanes) is 3. The molecule has 2 saturated carbocycles. The third kappa shape index (κ3) is 4.88. The predicted molar refractivity (Wildman–Crippen MR) is 101 cm³/mol. The zero-order valence-electron chi connectivity index (χ0n) is 17.1. The molecule has 0 N–H and O–H groups in total. The Hall–Kier alpha value is -1.14. The van der Waals surface area contributed by atoms with Gasteiger partial charge in [-0.15, -0.1) is 0 Å². The van der Waals surface area contributed by atoms with Gasteiger partial charge in [0, 0.05) is 0 Å². The van der Waals surface area contributed by atoms with E-state index in [1.165, 1.54) is 0 Å². The molecule has 2 aliphatic carbocycles. The van der Waals surface area contributed by atoms with Gasteiger partial charge >= 0.3 is 11.9 Å². The van der Waals surface area contributed by atoms with E-state index in [0.29, 0.717) is 49.5 Å². The number of hydrogen-bond donors (Lipinski definition) is 0. The third-order valence-electron chi connectivity index (χ3n) is 6.91. The van der Waals surface area contributed by atoms with E-state index in [4.69, 9.17) is 18.9 Å². The highest BCUT2D eigenvalue weighted by molar-refractivity contribution is 5.73. The van der Waals surface area contributed by atoms with Crippen LogP contribution in [0.1, 0.15) is 65.2 Å². The van der Waals surface area contributed by atoms with Crippen molar-refractivity contribution in [2.24, 2.45) is 23.7 Å². The van der Waals surface area contributed by atoms with Crippen molar-refractivity contribution in [3.8, 4) is 0 Å². The molecule has 158 valence electrons. The van der Waals surface area contributed by atoms with Crippen molar-refractivity contribution in [2.45, 2.75) is 89.6 Å². The summed E-state index contributed by atoms with van der Waals surface area (Å²) in [5, 5.41) is 0. The summed E-state index contributed by atoms with van der Waals surface area (Å²) < 4.78 is 22.0. The quantitative estimate of drug-likeness (QED) is 0.339. The number of carbonyl (C=O) groups is 2. The van der Waals surface area contributed by atoms with Gasteiger partial charge in [0.25, 0.3) is 0 Å². The maximum Gasteiger partial charge on any atom is 0.309 e. The van der Waals surface area contributed by atoms with Crippen LogP contribution in [0.5, 0.6) is 0 Å². The van der Waals surface area contributed by atoms with Crippen LogP contribution < -0.4 is 0 Å². The van der Waals surface area contributed by atoms with Gasteiger partial charge in [-0.3, -0.25) is 9.59 Å². The molecule has 8 atom stereocenters. The van der Waals surface area contributed by atoms with Crippen LogP contribution in [0.3, 0.4) is 0 Å². The minimum atomic E-state index is -0.0571. The molecule has 4 aliphatic rings. The number of epoxide rings is 2. The van der Waals surface area contributed by atoms with Crippen molar-refractivity contribution in [3.63, 3.8) is 0 Å². The van der Waals surface area contributed by atoms with Gasteiger partial charge in [0.2, 0.25) is 0 Å². The number of ether oxygens (including phenoxy) is 4. The molecule has 0 aromatic carbocycles. The number of hydrogen-bond acceptors (Lipinski definition) is 6. The monoisotopic (exact) mass is 394 g/mol. The Bertz CT molecular complexity index is 527. The summed E-state index contributed by atoms with van der Waals surface area (Å²) in [7, 11) is 0. The van der Waals surface area contributed by atoms with Gasteiger partial charge in [-0.2, -0.15) is 0 Å². The highest BCUT2D eigenvalue weighted by atomic mass is 16.6. The van der Waals surface area contributed by atoms with Crippen molar-refractivity contribution in [2.75, 3.05) is 13.2 Å². The molecular formula is C22H34O6. The fourth-order valence-electron chi connectivity index (χ4n) is 5.14. The molecule has 6 heteroatoms. The van der Waals surface area contributed by atoms with Crippen LogP contribution in [0, 0.1) is 23.7 Å². The number of carbonyl (C=O) groups excluding carboxylic acids is 2. The zero-order valence-corrected chi connectivity index (χ0v) is 17.1. The molecule has 0 amide bonds. The molecule has 0 spiro atoms. The summed E-state index contributed by atoms with van der Waals surface area (Å²) in [5.41, 5.74) is 0. The van der Waals surface area contributed by atoms with Crippen LogP contribution in [-0.4, -0.2) is 49.6 Å². The van der Waals surface area contributed by atoms with Crippen molar-refractivity contribution < 1.29 is 28.5 Å². The van der Waals surface area contributed by atoms with Gasteiger partial charge in [-0.25, -0.2) is 0 Å². The van der Waals surface area contributed by atoms with Crippen molar-refractivity contribution >= 4 is 11.9 Å². The Morgan fingerprint density at radius 1 is 0.714 bits per heavy atom. The lowest BCUT2D eigenvalue weighted by atomic mass is 9.82. The predicted octanol–water partition coefficient (Wildman–Crippen LogP) is 3.26. The first-order chi connectivity index (χ1) is 13.5. The first-order valence-electron chi connectivity index (χ1n) is 11.2. The van der Waals surface area contributed by atoms with E-state index in [1.54, 1.807) is 0 Å². The zero-order chi connectivity index (χ0) is 19.7. The molecule has 4 rings (SSSR count). The number of fused-ring (bicyclic) bond motifs is 2. The Kier molecular flexibility index (Phi) is 6.26. The van der Waals surface area contributed by atoms with E-state index in [1.807, 2.05) is 0 Å². The average molecular weight is 395 g/mol. The highest BCUT2D eigenvalue weighted by Crippen LogP contribution is 2.44. The Balaban J connectivity index is 0.996. The van der Waals surface area contributed by atoms with Crippen LogP contribution in [0.4, 0.5) is 0 Å². The number of esters is 2. The minimum absolute atomic E-state index is 0.0111. The first kappa shape index (κ1) is 20.1. The molecule has 4 fully saturated rings. The lowest BCUT2D eigenvalue weighted by Crippen LogP contribution is -2.28. The topological polar surface area (TPSA) is 77.7 Å². The maximum atomic E-state index is 12.2. The Morgan fingerprint density at radius 3 is 1.54 bits per heavy atom. The van der Waals surface area contributed by atoms with Gasteiger partial charge in [-0.1, -0.05) is 13.8 Å². The van der Waals surface area contributed by atoms with Crippen molar-refractivity contribution in [1.29, 1.82) is 0 Å². The second-order valence-corrected chi connectivity index (χ2v) is 9.32. The van der Waals surface area contributed by atoms with Crippen LogP contribution >= 0.6 is 0 Å². The third-order valence-corrected chi connectivity index (χ3v) is 6.91. The Morgan fingerprint density at radius 2 is 1.14 bits per heavy atom. The largest absolute Gasteiger partial charge is 0.465 e. The van der Waals surface area contributed by atoms with E-state index < -0.39 is 0 Å². The van der Waals surface area contributed by atoms with Crippen molar-refractivity contribution in [3.05, 3.63) is 0 Å². The van der Waals surface area contributed by atoms with Gasteiger partial charge in [-0.05, 0) is 63.2 Å². The van der Waals surface area contributed by atoms with Gasteiger partial charge in [0.15, 0.2) is 0 Å². The fourth-order valence-corrected chi connectivity index (χ4v) is 5.14. The molecule has 2 aliphatic heterocycles. The van der Waals surface area contributed by atoms with E-state index >= 15 is 0 Å². The molecule has 2 saturated heterocycles. The average Bonchev–Trinajstić information content (AvgIpc) is 3.56. The lowest BCUT2D eigenvalue weighted by molar-refractivity contribution is -0.151. The molecule has 2 heterocycles. The molecule has 0 radical (unpaired) electrons. The summed E-state index contributed by atoms with van der Waals surface area (Å²) in [6, 6.07) is 0. The molecule has 8 unspecified atom stereocenters. The van der Waals surface area contributed by atoms with E-state index in [-0.39, 0.29) is 23.8 Å². The van der Waals surface area contributed by atoms with Crippen LogP contribution in [0.25, 0.3) is 0 Å². The minimum Gasteiger partial charge on any atom is -0.465 e. The lowest BCUT2D eigenvalue weighted by Gasteiger charge is -2.22. The maximum absolute atomic E-state index is 12.2. The highest BCUT2D eigenvalue weighted by Gasteiger charge is 2.51. The summed E-state index contributed by atoms with van der Waals surface area (Å²) in [6.07, 6.45) is 8.48. The molecular weight excluding hydrogens is 360 g/mol. The summed E-state index contributed by atoms with van der Waals surface area (Å²) in [6.45, 7) is 5.28. The Labute approximate surface area is 167 Å². The van der Waals surface area contributed by atoms with E-state index in [0.717, 1.165) is 51.4 Å². The summed E-state index contributed by atoms with van der Waals surface area (Å²) in [5.74, 6) is 0.841. The molecule has 6 nitrogen and oxygen atoms in total. The van der Waals surface area contributed by atoms with Gasteiger partial charge in [0.1, 0.15) is 0 Å². The molecule has 0 bridgehead atoms. The van der Waals surface area contributed by atoms with Crippen molar-refractivity contribution in [1.82, 2.24) is 0 Å². The second kappa shape index (κ2) is 8.70. The fraction of sp³-hybridized carbons (Fsp3) is 0.909. The molecule has 0 aromatic rings. The normalized spacial score (nSPS) is 40.8. The molecule has 28 heavy (non-hydrogen) atoms. The number of rotatable bonds is 9. The van der Waals surface area contributed by atoms with Gasteiger partial charge in [0.05, 0.1) is 49.5 Å². The van der Waals surface area contributed by atoms with Crippen LogP contribution in [0.15, 0.2) is 0 Å².